The third kappa shape index (κ3) is 3.03. The van der Waals surface area contributed by atoms with Crippen LogP contribution in [0.15, 0.2) is 40.9 Å². The molecular weight excluding hydrogens is 345 g/mol. The van der Waals surface area contributed by atoms with Gasteiger partial charge in [0.2, 0.25) is 0 Å². The lowest BCUT2D eigenvalue weighted by molar-refractivity contribution is 0.0693. The Balaban J connectivity index is 2.34. The lowest BCUT2D eigenvalue weighted by atomic mass is 10.1. The van der Waals surface area contributed by atoms with Crippen molar-refractivity contribution in [3.63, 3.8) is 0 Å². The van der Waals surface area contributed by atoms with Crippen molar-refractivity contribution >= 4 is 33.5 Å². The van der Waals surface area contributed by atoms with Gasteiger partial charge in [-0.05, 0) is 40.2 Å². The lowest BCUT2D eigenvalue weighted by Gasteiger charge is -2.10. The Hall–Kier alpha value is -2.41. The van der Waals surface area contributed by atoms with Gasteiger partial charge in [-0.1, -0.05) is 12.1 Å². The molecule has 0 aromatic heterocycles. The Morgan fingerprint density at radius 1 is 1.10 bits per heavy atom. The van der Waals surface area contributed by atoms with Crippen LogP contribution >= 0.6 is 15.9 Å². The summed E-state index contributed by atoms with van der Waals surface area (Å²) in [5.74, 6) is -3.17. The van der Waals surface area contributed by atoms with E-state index in [-0.39, 0.29) is 21.3 Å². The van der Waals surface area contributed by atoms with Gasteiger partial charge in [-0.25, -0.2) is 9.18 Å². The first-order valence-corrected chi connectivity index (χ1v) is 6.51. The monoisotopic (exact) mass is 353 g/mol. The third-order valence-corrected chi connectivity index (χ3v) is 3.52. The van der Waals surface area contributed by atoms with Gasteiger partial charge in [0.15, 0.2) is 5.75 Å². The van der Waals surface area contributed by atoms with Crippen LogP contribution in [0, 0.1) is 5.82 Å². The van der Waals surface area contributed by atoms with E-state index in [1.807, 2.05) is 0 Å². The third-order valence-electron chi connectivity index (χ3n) is 2.71. The molecule has 0 saturated carbocycles. The fraction of sp³-hybridized carbons (Fsp3) is 0. The molecular formula is C14H9BrFNO4. The molecule has 0 unspecified atom stereocenters. The number of hydrogen-bond acceptors (Lipinski definition) is 3. The van der Waals surface area contributed by atoms with Crippen molar-refractivity contribution in [1.82, 2.24) is 0 Å². The molecule has 2 aromatic carbocycles. The maximum absolute atomic E-state index is 13.4. The molecule has 0 aliphatic rings. The number of benzene rings is 2. The highest BCUT2D eigenvalue weighted by atomic mass is 79.9. The quantitative estimate of drug-likeness (QED) is 0.739. The number of anilines is 1. The number of hydrogen-bond donors (Lipinski definition) is 3. The highest BCUT2D eigenvalue weighted by molar-refractivity contribution is 9.10. The fourth-order valence-electron chi connectivity index (χ4n) is 1.69. The van der Waals surface area contributed by atoms with Crippen LogP contribution in [0.25, 0.3) is 0 Å². The van der Waals surface area contributed by atoms with Gasteiger partial charge in [0.1, 0.15) is 11.4 Å². The molecule has 0 aliphatic heterocycles. The first-order chi connectivity index (χ1) is 9.91. The van der Waals surface area contributed by atoms with E-state index < -0.39 is 23.4 Å². The molecule has 1 amide bonds. The van der Waals surface area contributed by atoms with Gasteiger partial charge in [0.25, 0.3) is 5.91 Å². The van der Waals surface area contributed by atoms with E-state index in [2.05, 4.69) is 21.2 Å². The number of rotatable bonds is 3. The summed E-state index contributed by atoms with van der Waals surface area (Å²) in [5, 5.41) is 21.0. The minimum absolute atomic E-state index is 0.0172. The molecule has 0 radical (unpaired) electrons. The lowest BCUT2D eigenvalue weighted by Crippen LogP contribution is -2.14. The highest BCUT2D eigenvalue weighted by Crippen LogP contribution is 2.29. The summed E-state index contributed by atoms with van der Waals surface area (Å²) < 4.78 is 13.4. The van der Waals surface area contributed by atoms with Crippen molar-refractivity contribution in [3.05, 3.63) is 57.8 Å². The summed E-state index contributed by atoms with van der Waals surface area (Å²) in [5.41, 5.74) is -0.391. The summed E-state index contributed by atoms with van der Waals surface area (Å²) in [4.78, 5) is 23.0. The fourth-order valence-corrected chi connectivity index (χ4v) is 2.13. The summed E-state index contributed by atoms with van der Waals surface area (Å²) in [6, 6.07) is 7.85. The average Bonchev–Trinajstić information content (AvgIpc) is 2.43. The number of carbonyl (C=O) groups excluding carboxylic acids is 1. The molecule has 108 valence electrons. The molecule has 0 heterocycles. The number of halogens is 2. The SMILES string of the molecule is O=C(O)c1cccc(NC(=O)c2cccc(F)c2Br)c1O. The first-order valence-electron chi connectivity index (χ1n) is 5.72. The van der Waals surface area contributed by atoms with E-state index in [4.69, 9.17) is 5.11 Å². The largest absolute Gasteiger partial charge is 0.505 e. The van der Waals surface area contributed by atoms with Gasteiger partial charge in [0, 0.05) is 0 Å². The van der Waals surface area contributed by atoms with Crippen molar-refractivity contribution < 1.29 is 24.2 Å². The van der Waals surface area contributed by atoms with Crippen LogP contribution in [-0.4, -0.2) is 22.1 Å². The second-order valence-corrected chi connectivity index (χ2v) is 4.86. The van der Waals surface area contributed by atoms with Crippen LogP contribution < -0.4 is 5.32 Å². The molecule has 0 aliphatic carbocycles. The predicted molar refractivity (Wildman–Crippen MR) is 77.1 cm³/mol. The van der Waals surface area contributed by atoms with Crippen LogP contribution in [0.4, 0.5) is 10.1 Å². The maximum Gasteiger partial charge on any atom is 0.339 e. The Labute approximate surface area is 127 Å². The second kappa shape index (κ2) is 5.92. The van der Waals surface area contributed by atoms with Crippen molar-refractivity contribution in [2.75, 3.05) is 5.32 Å². The van der Waals surface area contributed by atoms with Gasteiger partial charge in [-0.15, -0.1) is 0 Å². The number of phenols is 1. The van der Waals surface area contributed by atoms with E-state index in [0.29, 0.717) is 0 Å². The number of carbonyl (C=O) groups is 2. The van der Waals surface area contributed by atoms with Crippen molar-refractivity contribution in [3.8, 4) is 5.75 Å². The van der Waals surface area contributed by atoms with Crippen molar-refractivity contribution in [1.29, 1.82) is 0 Å². The van der Waals surface area contributed by atoms with Crippen molar-refractivity contribution in [2.45, 2.75) is 0 Å². The van der Waals surface area contributed by atoms with Gasteiger partial charge in [-0.2, -0.15) is 0 Å². The van der Waals surface area contributed by atoms with Crippen LogP contribution in [0.3, 0.4) is 0 Å². The molecule has 2 aromatic rings. The molecule has 7 heteroatoms. The van der Waals surface area contributed by atoms with Crippen LogP contribution in [0.2, 0.25) is 0 Å². The number of nitrogens with one attached hydrogen (secondary N) is 1. The zero-order chi connectivity index (χ0) is 15.6. The molecule has 0 saturated heterocycles. The number of carboxylic acids is 1. The molecule has 0 fully saturated rings. The Bertz CT molecular complexity index is 733. The van der Waals surface area contributed by atoms with E-state index >= 15 is 0 Å². The summed E-state index contributed by atoms with van der Waals surface area (Å²) in [6.07, 6.45) is 0. The molecule has 0 bridgehead atoms. The second-order valence-electron chi connectivity index (χ2n) is 4.06. The zero-order valence-corrected chi connectivity index (χ0v) is 12.0. The predicted octanol–water partition coefficient (Wildman–Crippen LogP) is 3.24. The number of amides is 1. The van der Waals surface area contributed by atoms with Gasteiger partial charge in [0.05, 0.1) is 15.7 Å². The van der Waals surface area contributed by atoms with Gasteiger partial charge >= 0.3 is 5.97 Å². The number of carboxylic acid groups (broad SMARTS) is 1. The topological polar surface area (TPSA) is 86.6 Å². The summed E-state index contributed by atoms with van der Waals surface area (Å²) in [7, 11) is 0. The minimum Gasteiger partial charge on any atom is -0.505 e. The molecule has 5 nitrogen and oxygen atoms in total. The van der Waals surface area contributed by atoms with Crippen molar-refractivity contribution in [2.24, 2.45) is 0 Å². The Morgan fingerprint density at radius 3 is 2.38 bits per heavy atom. The number of aromatic hydroxyl groups is 1. The molecule has 3 N–H and O–H groups in total. The van der Waals surface area contributed by atoms with E-state index in [1.165, 1.54) is 36.4 Å². The van der Waals surface area contributed by atoms with Crippen LogP contribution in [0.5, 0.6) is 5.75 Å². The summed E-state index contributed by atoms with van der Waals surface area (Å²) in [6.45, 7) is 0. The smallest absolute Gasteiger partial charge is 0.339 e. The number of para-hydroxylation sites is 1. The first kappa shape index (κ1) is 15.0. The molecule has 0 spiro atoms. The van der Waals surface area contributed by atoms with Crippen LogP contribution in [-0.2, 0) is 0 Å². The normalized spacial score (nSPS) is 10.2. The highest BCUT2D eigenvalue weighted by Gasteiger charge is 2.17. The Kier molecular flexibility index (Phi) is 4.23. The maximum atomic E-state index is 13.4. The Morgan fingerprint density at radius 2 is 1.71 bits per heavy atom. The van der Waals surface area contributed by atoms with Gasteiger partial charge in [-0.3, -0.25) is 4.79 Å². The van der Waals surface area contributed by atoms with E-state index in [0.717, 1.165) is 0 Å². The molecule has 2 rings (SSSR count). The van der Waals surface area contributed by atoms with Gasteiger partial charge < -0.3 is 15.5 Å². The zero-order valence-electron chi connectivity index (χ0n) is 10.4. The van der Waals surface area contributed by atoms with E-state index in [9.17, 15) is 19.1 Å². The standard InChI is InChI=1S/C14H9BrFNO4/c15-11-7(3-1-5-9(11)16)13(19)17-10-6-2-4-8(12(10)18)14(20)21/h1-6,18H,(H,17,19)(H,20,21). The number of aromatic carboxylic acids is 1. The van der Waals surface area contributed by atoms with E-state index in [1.54, 1.807) is 0 Å². The summed E-state index contributed by atoms with van der Waals surface area (Å²) >= 11 is 2.96. The molecule has 21 heavy (non-hydrogen) atoms. The average molecular weight is 354 g/mol. The minimum atomic E-state index is -1.32. The molecule has 0 atom stereocenters. The van der Waals surface area contributed by atoms with Crippen LogP contribution in [0.1, 0.15) is 20.7 Å².